The molecule has 5 aromatic carbocycles. The summed E-state index contributed by atoms with van der Waals surface area (Å²) in [6.07, 6.45) is 1.55. The Morgan fingerprint density at radius 2 is 1.00 bits per heavy atom. The Balaban J connectivity index is 0.00000243. The molecule has 0 saturated carbocycles. The van der Waals surface area contributed by atoms with E-state index in [-0.39, 0.29) is 22.5 Å². The number of anilines is 8. The molecule has 4 N–H and O–H groups in total. The highest BCUT2D eigenvalue weighted by atomic mass is 16.3. The summed E-state index contributed by atoms with van der Waals surface area (Å²) in [4.78, 5) is 12.9. The Hall–Kier alpha value is -5.32. The molecule has 0 spiro atoms. The van der Waals surface area contributed by atoms with Crippen LogP contribution in [0.25, 0.3) is 22.3 Å². The number of rotatable bonds is 6. The third-order valence-electron chi connectivity index (χ3n) is 10.2. The van der Waals surface area contributed by atoms with Gasteiger partial charge >= 0.3 is 0 Å². The van der Waals surface area contributed by atoms with E-state index in [0.29, 0.717) is 11.1 Å². The van der Waals surface area contributed by atoms with Crippen molar-refractivity contribution in [1.82, 2.24) is 0 Å². The van der Waals surface area contributed by atoms with Crippen molar-refractivity contribution < 1.29 is 21.2 Å². The van der Waals surface area contributed by atoms with Crippen molar-refractivity contribution in [2.75, 3.05) is 99.9 Å². The van der Waals surface area contributed by atoms with Crippen LogP contribution in [0, 0.1) is 0 Å². The molecule has 50 heavy (non-hydrogen) atoms. The van der Waals surface area contributed by atoms with Gasteiger partial charge in [-0.3, -0.25) is 0 Å². The molecule has 0 aromatic heterocycles. The van der Waals surface area contributed by atoms with E-state index in [1.165, 1.54) is 22.5 Å². The zero-order valence-corrected chi connectivity index (χ0v) is 30.7. The van der Waals surface area contributed by atoms with Gasteiger partial charge in [0, 0.05) is 129 Å². The molecule has 2 aliphatic heterocycles. The Labute approximate surface area is 295 Å². The first-order valence-corrected chi connectivity index (χ1v) is 16.4. The van der Waals surface area contributed by atoms with Crippen molar-refractivity contribution in [3.8, 4) is 33.8 Å². The molecular weight excluding hydrogens is 628 g/mol. The summed E-state index contributed by atoms with van der Waals surface area (Å²) in [6.45, 7) is 0. The van der Waals surface area contributed by atoms with Crippen LogP contribution in [0.2, 0.25) is 0 Å². The highest BCUT2D eigenvalue weighted by molar-refractivity contribution is 6.05. The van der Waals surface area contributed by atoms with E-state index >= 15 is 0 Å². The van der Waals surface area contributed by atoms with Crippen molar-refractivity contribution in [3.05, 3.63) is 82.9 Å². The van der Waals surface area contributed by atoms with Crippen molar-refractivity contribution >= 4 is 45.5 Å². The zero-order chi connectivity index (χ0) is 34.3. The zero-order valence-electron chi connectivity index (χ0n) is 30.7. The molecule has 0 bridgehead atoms. The van der Waals surface area contributed by atoms with E-state index in [0.717, 1.165) is 69.2 Å². The molecule has 0 saturated heterocycles. The first kappa shape index (κ1) is 36.0. The van der Waals surface area contributed by atoms with Gasteiger partial charge in [0.25, 0.3) is 11.5 Å². The molecule has 0 radical (unpaired) electrons. The lowest BCUT2D eigenvalue weighted by Crippen LogP contribution is -2.21. The van der Waals surface area contributed by atoms with Crippen LogP contribution in [0.5, 0.6) is 11.5 Å². The lowest BCUT2D eigenvalue weighted by atomic mass is 9.83. The van der Waals surface area contributed by atoms with Crippen molar-refractivity contribution in [2.45, 2.75) is 12.8 Å². The van der Waals surface area contributed by atoms with E-state index in [1.807, 2.05) is 28.2 Å². The second-order valence-electron chi connectivity index (χ2n) is 14.1. The lowest BCUT2D eigenvalue weighted by Gasteiger charge is -2.32. The standard InChI is InChI=1S/C40H45N6O2.2H2O/c1-41(2)27-13-11-23-15-25-17-29(35(43(5)6)21-33(25)45(9)31(23)19-27)37-39(47)38(40(37)48)30-18-26-16-24-12-14-28(42(3)4)20-32(24)46(10)34(26)22-36(30)44(7)8;;/h11-14,17-22,47H,15-16H2,1-10H3;2*1H2/q+1;;/p-1. The summed E-state index contributed by atoms with van der Waals surface area (Å²) in [7, 11) is 20.5. The highest BCUT2D eigenvalue weighted by Gasteiger charge is 2.45. The number of benzene rings is 4. The van der Waals surface area contributed by atoms with Gasteiger partial charge in [0.05, 0.1) is 11.4 Å². The van der Waals surface area contributed by atoms with Crippen LogP contribution in [-0.4, -0.2) is 91.6 Å². The molecule has 262 valence electrons. The van der Waals surface area contributed by atoms with Gasteiger partial charge in [0.2, 0.25) is 11.1 Å². The fourth-order valence-electron chi connectivity index (χ4n) is 7.47. The van der Waals surface area contributed by atoms with Crippen LogP contribution in [0.3, 0.4) is 0 Å². The topological polar surface area (TPSA) is 120 Å². The smallest absolute Gasteiger partial charge is 0.290 e. The van der Waals surface area contributed by atoms with Gasteiger partial charge in [-0.1, -0.05) is 12.1 Å². The van der Waals surface area contributed by atoms with Crippen LogP contribution >= 0.6 is 0 Å². The average molecular weight is 677 g/mol. The molecule has 0 atom stereocenters. The van der Waals surface area contributed by atoms with Crippen LogP contribution in [-0.2, 0) is 12.8 Å². The maximum Gasteiger partial charge on any atom is 0.290 e. The van der Waals surface area contributed by atoms with Gasteiger partial charge in [-0.25, -0.2) is 0 Å². The largest absolute Gasteiger partial charge is 0.870 e. The summed E-state index contributed by atoms with van der Waals surface area (Å²) >= 11 is 0. The molecule has 0 fully saturated rings. The van der Waals surface area contributed by atoms with Crippen LogP contribution in [0.1, 0.15) is 22.3 Å². The Kier molecular flexibility index (Phi) is 9.25. The molecule has 7 rings (SSSR count). The lowest BCUT2D eigenvalue weighted by molar-refractivity contribution is 0.435. The van der Waals surface area contributed by atoms with Crippen LogP contribution < -0.4 is 29.4 Å². The van der Waals surface area contributed by atoms with E-state index in [1.54, 1.807) is 0 Å². The first-order valence-electron chi connectivity index (χ1n) is 16.4. The van der Waals surface area contributed by atoms with Crippen molar-refractivity contribution in [1.29, 1.82) is 0 Å². The van der Waals surface area contributed by atoms with Crippen LogP contribution in [0.4, 0.5) is 45.5 Å². The molecule has 2 heterocycles. The SMILES string of the molecule is CN(C)c1ccc2c(c1)N(C)c1cc(N(C)C)c(-c3c(O)[c+](-c4cc5c(cc4N(C)C)N(C)c4cc(N(C)C)ccc4C5)[c+]3O)cc1C2.[OH-].[OH-]. The van der Waals surface area contributed by atoms with Gasteiger partial charge < -0.3 is 50.6 Å². The molecule has 10 nitrogen and oxygen atoms in total. The number of hydrogen-bond acceptors (Lipinski definition) is 10. The predicted octanol–water partition coefficient (Wildman–Crippen LogP) is 7.12. The number of nitrogens with zero attached hydrogens (tertiary/aromatic N) is 6. The van der Waals surface area contributed by atoms with Gasteiger partial charge in [0.15, 0.2) is 5.56 Å². The average Bonchev–Trinajstić information content (AvgIpc) is 3.04. The highest BCUT2D eigenvalue weighted by Crippen LogP contribution is 2.60. The van der Waals surface area contributed by atoms with Gasteiger partial charge in [-0.05, 0) is 53.1 Å². The van der Waals surface area contributed by atoms with E-state index in [2.05, 4.69) is 132 Å². The van der Waals surface area contributed by atoms with Gasteiger partial charge in [-0.2, -0.15) is 0 Å². The number of aromatic hydroxyl groups is 2. The summed E-state index contributed by atoms with van der Waals surface area (Å²) in [5.74, 6) is 0.248. The molecular formula is C40H48N6O4. The fourth-order valence-corrected chi connectivity index (χ4v) is 7.47. The van der Waals surface area contributed by atoms with Gasteiger partial charge in [0.1, 0.15) is 11.3 Å². The molecule has 5 aromatic rings. The van der Waals surface area contributed by atoms with Gasteiger partial charge in [-0.15, -0.1) is 0 Å². The third kappa shape index (κ3) is 5.45. The number of hydrogen-bond donors (Lipinski definition) is 2. The Morgan fingerprint density at radius 1 is 0.560 bits per heavy atom. The fraction of sp³-hybridized carbons (Fsp3) is 0.300. The quantitative estimate of drug-likeness (QED) is 0.180. The van der Waals surface area contributed by atoms with E-state index < -0.39 is 0 Å². The normalized spacial score (nSPS) is 12.6. The molecule has 2 aliphatic rings. The summed E-state index contributed by atoms with van der Waals surface area (Å²) in [5.41, 5.74) is 16.3. The molecule has 0 amide bonds. The Bertz CT molecular complexity index is 1910. The molecule has 0 aliphatic carbocycles. The second kappa shape index (κ2) is 12.9. The predicted molar refractivity (Wildman–Crippen MR) is 208 cm³/mol. The summed E-state index contributed by atoms with van der Waals surface area (Å²) < 4.78 is 0. The van der Waals surface area contributed by atoms with E-state index in [9.17, 15) is 10.2 Å². The van der Waals surface area contributed by atoms with Crippen molar-refractivity contribution in [3.63, 3.8) is 0 Å². The minimum absolute atomic E-state index is 0. The maximum absolute atomic E-state index is 11.8. The van der Waals surface area contributed by atoms with Crippen LogP contribution in [0.15, 0.2) is 60.7 Å². The molecule has 10 heteroatoms. The molecule has 0 unspecified atom stereocenters. The number of fused-ring (bicyclic) bond motifs is 4. The van der Waals surface area contributed by atoms with E-state index in [4.69, 9.17) is 0 Å². The van der Waals surface area contributed by atoms with Crippen molar-refractivity contribution in [2.24, 2.45) is 0 Å². The second-order valence-corrected chi connectivity index (χ2v) is 14.1. The summed E-state index contributed by atoms with van der Waals surface area (Å²) in [5, 5.41) is 23.7. The Morgan fingerprint density at radius 3 is 1.44 bits per heavy atom. The first-order chi connectivity index (χ1) is 22.8. The maximum atomic E-state index is 11.8. The minimum atomic E-state index is 0. The summed E-state index contributed by atoms with van der Waals surface area (Å²) in [6, 6.07) is 21.9. The minimum Gasteiger partial charge on any atom is -0.870 e. The third-order valence-corrected chi connectivity index (χ3v) is 10.2. The monoisotopic (exact) mass is 676 g/mol.